The summed E-state index contributed by atoms with van der Waals surface area (Å²) in [7, 11) is -16.4. The van der Waals surface area contributed by atoms with Crippen LogP contribution in [0.5, 0.6) is 0 Å². The second-order valence-corrected chi connectivity index (χ2v) is 18.1. The van der Waals surface area contributed by atoms with E-state index >= 15 is 0 Å². The second-order valence-electron chi connectivity index (χ2n) is 6.55. The Bertz CT molecular complexity index is 1190. The van der Waals surface area contributed by atoms with Crippen LogP contribution in [0.15, 0.2) is 12.7 Å². The molecule has 0 aliphatic carbocycles. The van der Waals surface area contributed by atoms with Gasteiger partial charge in [0, 0.05) is 0 Å². The predicted molar refractivity (Wildman–Crippen MR) is 115 cm³/mol. The molecule has 2 unspecified atom stereocenters. The molecule has 17 nitrogen and oxygen atoms in total. The molecule has 0 radical (unpaired) electrons. The summed E-state index contributed by atoms with van der Waals surface area (Å²) in [6.07, 6.45) is -3.68. The molecular formula is C11H16Br2N5O12P3. The van der Waals surface area contributed by atoms with Crippen molar-refractivity contribution in [3.8, 4) is 0 Å². The third-order valence-corrected chi connectivity index (χ3v) is 14.9. The zero-order valence-corrected chi connectivity index (χ0v) is 21.6. The molecule has 6 atom stereocenters. The molecular weight excluding hydrogens is 647 g/mol. The van der Waals surface area contributed by atoms with Gasteiger partial charge in [0.2, 0.25) is 0 Å². The number of aliphatic hydroxyl groups excluding tert-OH is 2. The molecule has 3 heterocycles. The average Bonchev–Trinajstić information content (AvgIpc) is 3.21. The Morgan fingerprint density at radius 2 is 1.76 bits per heavy atom. The van der Waals surface area contributed by atoms with Gasteiger partial charge >= 0.3 is 23.0 Å². The van der Waals surface area contributed by atoms with E-state index in [0.29, 0.717) is 0 Å². The lowest BCUT2D eigenvalue weighted by molar-refractivity contribution is -0.0501. The van der Waals surface area contributed by atoms with Crippen molar-refractivity contribution in [3.05, 3.63) is 12.7 Å². The zero-order chi connectivity index (χ0) is 25.0. The lowest BCUT2D eigenvalue weighted by Crippen LogP contribution is -2.33. The Labute approximate surface area is 200 Å². The number of rotatable bonds is 8. The number of aromatic nitrogens is 4. The molecule has 33 heavy (non-hydrogen) atoms. The fourth-order valence-corrected chi connectivity index (χ4v) is 7.54. The van der Waals surface area contributed by atoms with Crippen LogP contribution in [0.2, 0.25) is 0 Å². The highest BCUT2D eigenvalue weighted by Gasteiger charge is 2.61. The molecule has 0 amide bonds. The summed E-state index contributed by atoms with van der Waals surface area (Å²) in [5, 5.41) is 20.6. The quantitative estimate of drug-likeness (QED) is 0.144. The van der Waals surface area contributed by atoms with Crippen molar-refractivity contribution in [2.45, 2.75) is 27.3 Å². The Hall–Kier alpha value is -0.360. The van der Waals surface area contributed by atoms with Gasteiger partial charge in [-0.15, -0.1) is 0 Å². The molecule has 22 heteroatoms. The molecule has 2 aromatic heterocycles. The number of halogens is 2. The number of nitrogen functional groups attached to an aromatic ring is 1. The van der Waals surface area contributed by atoms with E-state index < -0.39 is 56.9 Å². The SMILES string of the molecule is Nc1ncnc2c1ncn2[C@@H]1O[C@H](COP(=O)(O)OP(=O)(O)C(Br)(Br)P(=O)(O)O)[C@@H](O)[C@H]1O. The van der Waals surface area contributed by atoms with E-state index in [1.807, 2.05) is 0 Å². The smallest absolute Gasteiger partial charge is 0.387 e. The van der Waals surface area contributed by atoms with Gasteiger partial charge < -0.3 is 40.3 Å². The third-order valence-electron chi connectivity index (χ3n) is 4.30. The molecule has 8 N–H and O–H groups in total. The van der Waals surface area contributed by atoms with Crippen LogP contribution < -0.4 is 5.73 Å². The number of nitrogens with zero attached hydrogens (tertiary/aromatic N) is 4. The van der Waals surface area contributed by atoms with Crippen LogP contribution in [-0.4, -0.2) is 76.9 Å². The van der Waals surface area contributed by atoms with E-state index in [4.69, 9.17) is 20.3 Å². The molecule has 0 aromatic carbocycles. The molecule has 1 aliphatic rings. The Kier molecular flexibility index (Phi) is 7.64. The van der Waals surface area contributed by atoms with E-state index in [2.05, 4.69) is 55.6 Å². The zero-order valence-electron chi connectivity index (χ0n) is 15.8. The summed E-state index contributed by atoms with van der Waals surface area (Å²) in [6.45, 7) is -0.945. The van der Waals surface area contributed by atoms with Gasteiger partial charge in [0.1, 0.15) is 30.2 Å². The van der Waals surface area contributed by atoms with Gasteiger partial charge in [-0.2, -0.15) is 0 Å². The summed E-state index contributed by atoms with van der Waals surface area (Å²) < 4.78 is 47.8. The van der Waals surface area contributed by atoms with Gasteiger partial charge in [-0.25, -0.2) is 23.8 Å². The number of imidazole rings is 1. The second kappa shape index (κ2) is 9.26. The summed E-state index contributed by atoms with van der Waals surface area (Å²) in [5.41, 5.74) is 6.03. The van der Waals surface area contributed by atoms with Crippen LogP contribution in [0.3, 0.4) is 0 Å². The number of anilines is 1. The van der Waals surface area contributed by atoms with Crippen LogP contribution in [0, 0.1) is 0 Å². The summed E-state index contributed by atoms with van der Waals surface area (Å²) in [4.78, 5) is 49.5. The maximum Gasteiger partial charge on any atom is 0.479 e. The van der Waals surface area contributed by atoms with E-state index in [1.54, 1.807) is 0 Å². The number of alkyl halides is 2. The normalized spacial score (nSPS) is 28.0. The number of aliphatic hydroxyl groups is 2. The number of hydrogen-bond acceptors (Lipinski definition) is 12. The first-order valence-electron chi connectivity index (χ1n) is 8.38. The van der Waals surface area contributed by atoms with Crippen molar-refractivity contribution in [3.63, 3.8) is 0 Å². The fourth-order valence-electron chi connectivity index (χ4n) is 2.70. The maximum absolute atomic E-state index is 12.2. The first-order valence-corrected chi connectivity index (χ1v) is 14.7. The molecule has 1 fully saturated rings. The average molecular weight is 663 g/mol. The van der Waals surface area contributed by atoms with E-state index in [0.717, 1.165) is 6.33 Å². The van der Waals surface area contributed by atoms with Crippen LogP contribution >= 0.6 is 54.9 Å². The van der Waals surface area contributed by atoms with Gasteiger partial charge in [-0.05, 0) is 31.9 Å². The van der Waals surface area contributed by atoms with Gasteiger partial charge in [0.05, 0.1) is 12.9 Å². The van der Waals surface area contributed by atoms with Crippen molar-refractivity contribution < 1.29 is 57.1 Å². The number of nitrogens with two attached hydrogens (primary N) is 1. The number of phosphoric acid groups is 1. The highest BCUT2D eigenvalue weighted by Crippen LogP contribution is 2.81. The highest BCUT2D eigenvalue weighted by molar-refractivity contribution is 9.29. The maximum atomic E-state index is 12.2. The van der Waals surface area contributed by atoms with Crippen LogP contribution in [0.1, 0.15) is 6.23 Å². The first kappa shape index (κ1) is 27.2. The largest absolute Gasteiger partial charge is 0.479 e. The molecule has 1 saturated heterocycles. The number of ether oxygens (including phenoxy) is 1. The summed E-state index contributed by atoms with van der Waals surface area (Å²) in [5.74, 6) is 0.0448. The molecule has 0 bridgehead atoms. The fraction of sp³-hybridized carbons (Fsp3) is 0.545. The van der Waals surface area contributed by atoms with Crippen molar-refractivity contribution in [1.29, 1.82) is 0 Å². The first-order chi connectivity index (χ1) is 15.0. The van der Waals surface area contributed by atoms with Crippen molar-refractivity contribution >= 4 is 71.9 Å². The minimum atomic E-state index is -5.57. The molecule has 186 valence electrons. The van der Waals surface area contributed by atoms with Crippen LogP contribution in [0.25, 0.3) is 11.2 Å². The molecule has 3 rings (SSSR count). The van der Waals surface area contributed by atoms with Crippen LogP contribution in [-0.2, 0) is 27.3 Å². The van der Waals surface area contributed by atoms with Crippen molar-refractivity contribution in [2.75, 3.05) is 12.3 Å². The van der Waals surface area contributed by atoms with Gasteiger partial charge in [-0.1, -0.05) is 0 Å². The number of phosphoric ester groups is 1. The Morgan fingerprint density at radius 1 is 1.12 bits per heavy atom. The van der Waals surface area contributed by atoms with Crippen molar-refractivity contribution in [1.82, 2.24) is 19.5 Å². The lowest BCUT2D eigenvalue weighted by atomic mass is 10.1. The Morgan fingerprint density at radius 3 is 2.36 bits per heavy atom. The van der Waals surface area contributed by atoms with Crippen LogP contribution in [0.4, 0.5) is 5.82 Å². The van der Waals surface area contributed by atoms with Gasteiger partial charge in [0.15, 0.2) is 17.7 Å². The van der Waals surface area contributed by atoms with Gasteiger partial charge in [-0.3, -0.25) is 18.2 Å². The summed E-state index contributed by atoms with van der Waals surface area (Å²) in [6, 6.07) is 0. The minimum absolute atomic E-state index is 0.0448. The monoisotopic (exact) mass is 661 g/mol. The highest BCUT2D eigenvalue weighted by atomic mass is 79.9. The van der Waals surface area contributed by atoms with Crippen molar-refractivity contribution in [2.24, 2.45) is 0 Å². The molecule has 0 saturated carbocycles. The third kappa shape index (κ3) is 5.27. The summed E-state index contributed by atoms with van der Waals surface area (Å²) >= 11 is 4.54. The number of hydrogen-bond donors (Lipinski definition) is 7. The molecule has 1 aliphatic heterocycles. The minimum Gasteiger partial charge on any atom is -0.387 e. The van der Waals surface area contributed by atoms with E-state index in [1.165, 1.54) is 10.9 Å². The Balaban J connectivity index is 1.72. The standard InChI is InChI=1S/C11H16Br2N5O12P3/c12-11(13,31(21,22)23)32(24,25)30-33(26,27)28-1-4-6(19)7(20)10(29-4)18-3-17-5-8(14)15-2-16-9(5)18/h2-4,6-7,10,19-20H,1H2,(H,24,25)(H,26,27)(H2,14,15,16)(H2,21,22,23)/t4-,6-,7-,10-/m1/s1. The van der Waals surface area contributed by atoms with E-state index in [9.17, 15) is 33.7 Å². The molecule has 2 aromatic rings. The number of fused-ring (bicyclic) bond motifs is 1. The lowest BCUT2D eigenvalue weighted by Gasteiger charge is -2.27. The topological polar surface area (TPSA) is 270 Å². The van der Waals surface area contributed by atoms with E-state index in [-0.39, 0.29) is 17.0 Å². The predicted octanol–water partition coefficient (Wildman–Crippen LogP) is -0.0745. The molecule has 0 spiro atoms. The van der Waals surface area contributed by atoms with Gasteiger partial charge in [0.25, 0.3) is 2.72 Å².